The van der Waals surface area contributed by atoms with Crippen LogP contribution in [0.1, 0.15) is 23.3 Å². The lowest BCUT2D eigenvalue weighted by Crippen LogP contribution is -2.55. The van der Waals surface area contributed by atoms with Gasteiger partial charge in [0.25, 0.3) is 5.91 Å². The highest BCUT2D eigenvalue weighted by Gasteiger charge is 2.36. The number of nitrogens with zero attached hydrogens (tertiary/aromatic N) is 6. The number of carbonyl (C=O) groups excluding carboxylic acids is 1. The van der Waals surface area contributed by atoms with Gasteiger partial charge in [0.2, 0.25) is 0 Å². The van der Waals surface area contributed by atoms with Crippen LogP contribution >= 0.6 is 0 Å². The van der Waals surface area contributed by atoms with Crippen molar-refractivity contribution in [3.05, 3.63) is 30.6 Å². The van der Waals surface area contributed by atoms with Gasteiger partial charge in [0.05, 0.1) is 18.5 Å². The van der Waals surface area contributed by atoms with Crippen molar-refractivity contribution in [2.75, 3.05) is 43.9 Å². The molecule has 0 saturated carbocycles. The highest BCUT2D eigenvalue weighted by atomic mass is 16.3. The summed E-state index contributed by atoms with van der Waals surface area (Å²) in [5, 5.41) is 14.1. The molecule has 0 radical (unpaired) electrons. The van der Waals surface area contributed by atoms with E-state index in [9.17, 15) is 9.90 Å². The van der Waals surface area contributed by atoms with Gasteiger partial charge in [-0.3, -0.25) is 4.79 Å². The minimum Gasteiger partial charge on any atom is -0.386 e. The molecule has 1 fully saturated rings. The van der Waals surface area contributed by atoms with Crippen LogP contribution in [0.4, 0.5) is 11.6 Å². The van der Waals surface area contributed by atoms with E-state index in [1.807, 2.05) is 18.0 Å². The highest BCUT2D eigenvalue weighted by molar-refractivity contribution is 5.91. The smallest absolute Gasteiger partial charge is 0.273 e. The molecule has 1 aliphatic heterocycles. The van der Waals surface area contributed by atoms with Gasteiger partial charge in [0.1, 0.15) is 23.7 Å². The molecule has 9 heteroatoms. The molecule has 9 nitrogen and oxygen atoms in total. The number of aryl methyl sites for hydroxylation is 1. The summed E-state index contributed by atoms with van der Waals surface area (Å²) in [6.07, 6.45) is 6.22. The summed E-state index contributed by atoms with van der Waals surface area (Å²) in [6, 6.07) is 1.86. The number of carbonyl (C=O) groups is 1. The standard InChI is InChI=1S/C17H25N7O2/c1-18-14-7-15(20-11-19-14)24-6-4-5-17(26,10-24)9-23(3)16(25)13-8-22(2)12-21-13/h7-8,11-12,26H,4-6,9-10H2,1-3H3,(H,18,19,20)/t17-/m1/s1. The minimum absolute atomic E-state index is 0.198. The summed E-state index contributed by atoms with van der Waals surface area (Å²) >= 11 is 0. The SMILES string of the molecule is CNc1cc(N2CCC[C@@](O)(CN(C)C(=O)c3cn(C)cn3)C2)ncn1. The van der Waals surface area contributed by atoms with Crippen molar-refractivity contribution in [3.8, 4) is 0 Å². The Labute approximate surface area is 152 Å². The van der Waals surface area contributed by atoms with Crippen molar-refractivity contribution < 1.29 is 9.90 Å². The van der Waals surface area contributed by atoms with Crippen LogP contribution in [0.2, 0.25) is 0 Å². The zero-order chi connectivity index (χ0) is 18.7. The summed E-state index contributed by atoms with van der Waals surface area (Å²) in [7, 11) is 5.31. The van der Waals surface area contributed by atoms with E-state index in [2.05, 4.69) is 20.3 Å². The van der Waals surface area contributed by atoms with Gasteiger partial charge in [0, 0.05) is 46.5 Å². The predicted octanol–water partition coefficient (Wildman–Crippen LogP) is 0.355. The third-order valence-electron chi connectivity index (χ3n) is 4.59. The molecule has 1 saturated heterocycles. The second kappa shape index (κ2) is 7.28. The normalized spacial score (nSPS) is 20.1. The number of piperidine rings is 1. The van der Waals surface area contributed by atoms with Crippen LogP contribution in [-0.4, -0.2) is 74.8 Å². The Kier molecular flexibility index (Phi) is 5.08. The van der Waals surface area contributed by atoms with E-state index in [1.54, 1.807) is 31.2 Å². The first-order chi connectivity index (χ1) is 12.4. The Bertz CT molecular complexity index is 778. The van der Waals surface area contributed by atoms with E-state index in [4.69, 9.17) is 0 Å². The number of hydrogen-bond donors (Lipinski definition) is 2. The number of amides is 1. The lowest BCUT2D eigenvalue weighted by atomic mass is 9.92. The Balaban J connectivity index is 1.69. The monoisotopic (exact) mass is 359 g/mol. The molecule has 1 aliphatic rings. The summed E-state index contributed by atoms with van der Waals surface area (Å²) in [5.74, 6) is 1.29. The molecule has 0 aromatic carbocycles. The second-order valence-corrected chi connectivity index (χ2v) is 6.85. The zero-order valence-corrected chi connectivity index (χ0v) is 15.4. The number of hydrogen-bond acceptors (Lipinski definition) is 7. The van der Waals surface area contributed by atoms with Gasteiger partial charge >= 0.3 is 0 Å². The molecule has 0 aliphatic carbocycles. The summed E-state index contributed by atoms with van der Waals surface area (Å²) in [4.78, 5) is 28.6. The topological polar surface area (TPSA) is 99.4 Å². The molecule has 2 aromatic rings. The molecule has 0 spiro atoms. The number of β-amino-alcohol motifs (C(OH)–C–C–N with tert-alkyl or cyclic N) is 1. The van der Waals surface area contributed by atoms with Gasteiger partial charge < -0.3 is 24.8 Å². The first-order valence-electron chi connectivity index (χ1n) is 8.61. The van der Waals surface area contributed by atoms with Crippen molar-refractivity contribution in [3.63, 3.8) is 0 Å². The van der Waals surface area contributed by atoms with Crippen LogP contribution < -0.4 is 10.2 Å². The Hall–Kier alpha value is -2.68. The molecule has 1 atom stereocenters. The van der Waals surface area contributed by atoms with Crippen molar-refractivity contribution in [1.29, 1.82) is 0 Å². The maximum absolute atomic E-state index is 12.5. The first kappa shape index (κ1) is 18.1. The number of likely N-dealkylation sites (N-methyl/N-ethyl adjacent to an activating group) is 1. The van der Waals surface area contributed by atoms with E-state index in [0.717, 1.165) is 24.6 Å². The van der Waals surface area contributed by atoms with E-state index in [-0.39, 0.29) is 12.5 Å². The number of rotatable bonds is 5. The van der Waals surface area contributed by atoms with Crippen LogP contribution in [0.3, 0.4) is 0 Å². The molecule has 3 heterocycles. The highest BCUT2D eigenvalue weighted by Crippen LogP contribution is 2.26. The Morgan fingerprint density at radius 3 is 2.92 bits per heavy atom. The number of nitrogens with one attached hydrogen (secondary N) is 1. The van der Waals surface area contributed by atoms with Crippen LogP contribution in [0.15, 0.2) is 24.9 Å². The Morgan fingerprint density at radius 1 is 1.42 bits per heavy atom. The molecule has 0 bridgehead atoms. The van der Waals surface area contributed by atoms with E-state index >= 15 is 0 Å². The summed E-state index contributed by atoms with van der Waals surface area (Å²) in [5.41, 5.74) is -0.622. The molecular weight excluding hydrogens is 334 g/mol. The number of aliphatic hydroxyl groups is 1. The van der Waals surface area contributed by atoms with Gasteiger partial charge in [-0.2, -0.15) is 0 Å². The molecule has 140 valence electrons. The van der Waals surface area contributed by atoms with E-state index < -0.39 is 5.60 Å². The van der Waals surface area contributed by atoms with Crippen molar-refractivity contribution in [1.82, 2.24) is 24.4 Å². The lowest BCUT2D eigenvalue weighted by Gasteiger charge is -2.41. The number of anilines is 2. The fourth-order valence-corrected chi connectivity index (χ4v) is 3.33. The van der Waals surface area contributed by atoms with Crippen LogP contribution in [0, 0.1) is 0 Å². The molecular formula is C17H25N7O2. The fraction of sp³-hybridized carbons (Fsp3) is 0.529. The average molecular weight is 359 g/mol. The second-order valence-electron chi connectivity index (χ2n) is 6.85. The van der Waals surface area contributed by atoms with Gasteiger partial charge in [0.15, 0.2) is 0 Å². The van der Waals surface area contributed by atoms with Crippen LogP contribution in [0.5, 0.6) is 0 Å². The Morgan fingerprint density at radius 2 is 2.23 bits per heavy atom. The average Bonchev–Trinajstić information content (AvgIpc) is 3.07. The fourth-order valence-electron chi connectivity index (χ4n) is 3.33. The van der Waals surface area contributed by atoms with Crippen molar-refractivity contribution in [2.45, 2.75) is 18.4 Å². The molecule has 0 unspecified atom stereocenters. The third kappa shape index (κ3) is 3.93. The van der Waals surface area contributed by atoms with Crippen LogP contribution in [-0.2, 0) is 7.05 Å². The summed E-state index contributed by atoms with van der Waals surface area (Å²) in [6.45, 7) is 1.45. The molecule has 1 amide bonds. The first-order valence-corrected chi connectivity index (χ1v) is 8.61. The third-order valence-corrected chi connectivity index (χ3v) is 4.59. The minimum atomic E-state index is -0.998. The van der Waals surface area contributed by atoms with Crippen LogP contribution in [0.25, 0.3) is 0 Å². The zero-order valence-electron chi connectivity index (χ0n) is 15.4. The van der Waals surface area contributed by atoms with Gasteiger partial charge in [-0.05, 0) is 12.8 Å². The number of imidazole rings is 1. The maximum Gasteiger partial charge on any atom is 0.273 e. The van der Waals surface area contributed by atoms with Gasteiger partial charge in [-0.1, -0.05) is 0 Å². The molecule has 26 heavy (non-hydrogen) atoms. The largest absolute Gasteiger partial charge is 0.386 e. The van der Waals surface area contributed by atoms with Crippen molar-refractivity contribution >= 4 is 17.5 Å². The quantitative estimate of drug-likeness (QED) is 0.795. The lowest BCUT2D eigenvalue weighted by molar-refractivity contribution is -0.000268. The van der Waals surface area contributed by atoms with Gasteiger partial charge in [-0.15, -0.1) is 0 Å². The predicted molar refractivity (Wildman–Crippen MR) is 98.1 cm³/mol. The van der Waals surface area contributed by atoms with E-state index in [0.29, 0.717) is 18.7 Å². The van der Waals surface area contributed by atoms with Gasteiger partial charge in [-0.25, -0.2) is 15.0 Å². The van der Waals surface area contributed by atoms with E-state index in [1.165, 1.54) is 11.2 Å². The number of aromatic nitrogens is 4. The molecule has 2 aromatic heterocycles. The summed E-state index contributed by atoms with van der Waals surface area (Å²) < 4.78 is 1.73. The maximum atomic E-state index is 12.5. The van der Waals surface area contributed by atoms with Crippen molar-refractivity contribution in [2.24, 2.45) is 7.05 Å². The molecule has 2 N–H and O–H groups in total. The molecule has 3 rings (SSSR count).